The highest BCUT2D eigenvalue weighted by atomic mass is 16.5. The molecule has 0 aromatic carbocycles. The number of ether oxygens (including phenoxy) is 1. The Morgan fingerprint density at radius 1 is 1.89 bits per heavy atom. The Hall–Kier alpha value is -0.790. The van der Waals surface area contributed by atoms with Crippen molar-refractivity contribution >= 4 is 5.97 Å². The van der Waals surface area contributed by atoms with Crippen LogP contribution in [0, 0.1) is 0 Å². The summed E-state index contributed by atoms with van der Waals surface area (Å²) in [5.41, 5.74) is 0. The van der Waals surface area contributed by atoms with Gasteiger partial charge < -0.3 is 4.74 Å². The lowest BCUT2D eigenvalue weighted by Crippen LogP contribution is -2.10. The summed E-state index contributed by atoms with van der Waals surface area (Å²) in [6.45, 7) is 6.76. The molecule has 1 atom stereocenters. The molecule has 0 aromatic heterocycles. The molecule has 2 heteroatoms. The van der Waals surface area contributed by atoms with Gasteiger partial charge in [-0.1, -0.05) is 6.08 Å². The molecular weight excluding hydrogens is 116 g/mol. The molecule has 0 bridgehead atoms. The molecule has 0 rings (SSSR count). The summed E-state index contributed by atoms with van der Waals surface area (Å²) in [5.74, 6) is -0.232. The Kier molecular flexibility index (Phi) is 3.76. The van der Waals surface area contributed by atoms with Crippen LogP contribution < -0.4 is 0 Å². The Morgan fingerprint density at radius 2 is 2.44 bits per heavy atom. The van der Waals surface area contributed by atoms with Gasteiger partial charge in [-0.25, -0.2) is 0 Å². The van der Waals surface area contributed by atoms with Gasteiger partial charge in [0.1, 0.15) is 6.10 Å². The van der Waals surface area contributed by atoms with Crippen molar-refractivity contribution in [3.8, 4) is 0 Å². The van der Waals surface area contributed by atoms with Crippen LogP contribution in [0.5, 0.6) is 0 Å². The molecule has 0 saturated heterocycles. The monoisotopic (exact) mass is 128 g/mol. The summed E-state index contributed by atoms with van der Waals surface area (Å²) in [5, 5.41) is 0. The van der Waals surface area contributed by atoms with Crippen LogP contribution in [0.3, 0.4) is 0 Å². The van der Waals surface area contributed by atoms with Crippen molar-refractivity contribution in [3.63, 3.8) is 0 Å². The van der Waals surface area contributed by atoms with Gasteiger partial charge in [0.05, 0.1) is 0 Å². The third kappa shape index (κ3) is 5.07. The van der Waals surface area contributed by atoms with Crippen molar-refractivity contribution in [1.29, 1.82) is 0 Å². The minimum Gasteiger partial charge on any atom is -0.463 e. The summed E-state index contributed by atoms with van der Waals surface area (Å²) >= 11 is 0. The first-order valence-corrected chi connectivity index (χ1v) is 2.95. The van der Waals surface area contributed by atoms with Gasteiger partial charge in [-0.15, -0.1) is 6.58 Å². The van der Waals surface area contributed by atoms with E-state index in [9.17, 15) is 4.79 Å². The maximum Gasteiger partial charge on any atom is 0.302 e. The molecule has 9 heavy (non-hydrogen) atoms. The second kappa shape index (κ2) is 4.13. The fourth-order valence-electron chi connectivity index (χ4n) is 0.566. The van der Waals surface area contributed by atoms with E-state index in [-0.39, 0.29) is 12.1 Å². The predicted octanol–water partition coefficient (Wildman–Crippen LogP) is 1.51. The second-order valence-electron chi connectivity index (χ2n) is 1.94. The maximum absolute atomic E-state index is 10.3. The summed E-state index contributed by atoms with van der Waals surface area (Å²) in [6, 6.07) is 0. The van der Waals surface area contributed by atoms with Gasteiger partial charge in [0.2, 0.25) is 0 Å². The van der Waals surface area contributed by atoms with Crippen LogP contribution in [-0.4, -0.2) is 12.1 Å². The van der Waals surface area contributed by atoms with E-state index in [1.807, 2.05) is 6.92 Å². The van der Waals surface area contributed by atoms with Crippen LogP contribution in [0.2, 0.25) is 0 Å². The zero-order valence-corrected chi connectivity index (χ0v) is 5.89. The molecule has 0 aliphatic rings. The minimum atomic E-state index is -0.232. The zero-order chi connectivity index (χ0) is 7.28. The standard InChI is InChI=1S/C7H12O2/c1-4-5-6(2)9-7(3)8/h4,6H,1,5H2,2-3H3/t6-/m0/s1. The van der Waals surface area contributed by atoms with Crippen LogP contribution >= 0.6 is 0 Å². The molecule has 2 nitrogen and oxygen atoms in total. The van der Waals surface area contributed by atoms with Crippen molar-refractivity contribution in [1.82, 2.24) is 0 Å². The van der Waals surface area contributed by atoms with Crippen molar-refractivity contribution in [3.05, 3.63) is 12.7 Å². The normalized spacial score (nSPS) is 12.2. The van der Waals surface area contributed by atoms with Crippen molar-refractivity contribution in [2.75, 3.05) is 0 Å². The molecule has 0 radical (unpaired) electrons. The van der Waals surface area contributed by atoms with E-state index in [0.717, 1.165) is 6.42 Å². The van der Waals surface area contributed by atoms with Gasteiger partial charge in [0, 0.05) is 13.3 Å². The topological polar surface area (TPSA) is 26.3 Å². The third-order valence-electron chi connectivity index (χ3n) is 0.866. The number of hydrogen-bond acceptors (Lipinski definition) is 2. The third-order valence-corrected chi connectivity index (χ3v) is 0.866. The van der Waals surface area contributed by atoms with Crippen LogP contribution in [0.15, 0.2) is 12.7 Å². The van der Waals surface area contributed by atoms with E-state index in [2.05, 4.69) is 6.58 Å². The molecule has 0 aliphatic heterocycles. The molecule has 0 saturated carbocycles. The SMILES string of the molecule is C=CC[C@H](C)OC(C)=O. The lowest BCUT2D eigenvalue weighted by molar-refractivity contribution is -0.145. The van der Waals surface area contributed by atoms with Crippen LogP contribution in [0.1, 0.15) is 20.3 Å². The van der Waals surface area contributed by atoms with Crippen molar-refractivity contribution in [2.45, 2.75) is 26.4 Å². The van der Waals surface area contributed by atoms with E-state index < -0.39 is 0 Å². The molecule has 52 valence electrons. The molecule has 0 spiro atoms. The summed E-state index contributed by atoms with van der Waals surface area (Å²) < 4.78 is 4.78. The summed E-state index contributed by atoms with van der Waals surface area (Å²) in [6.07, 6.45) is 2.42. The number of rotatable bonds is 3. The van der Waals surface area contributed by atoms with Crippen molar-refractivity contribution < 1.29 is 9.53 Å². The minimum absolute atomic E-state index is 0.0278. The average Bonchev–Trinajstić information content (AvgIpc) is 1.63. The largest absolute Gasteiger partial charge is 0.463 e. The number of hydrogen-bond donors (Lipinski definition) is 0. The van der Waals surface area contributed by atoms with Gasteiger partial charge in [-0.05, 0) is 6.92 Å². The van der Waals surface area contributed by atoms with Gasteiger partial charge in [0.15, 0.2) is 0 Å². The van der Waals surface area contributed by atoms with Crippen LogP contribution in [-0.2, 0) is 9.53 Å². The molecule has 0 aromatic rings. The van der Waals surface area contributed by atoms with Crippen molar-refractivity contribution in [2.24, 2.45) is 0 Å². The molecule has 0 amide bonds. The first-order valence-electron chi connectivity index (χ1n) is 2.95. The molecule has 0 unspecified atom stereocenters. The number of esters is 1. The quantitative estimate of drug-likeness (QED) is 0.425. The first kappa shape index (κ1) is 8.21. The van der Waals surface area contributed by atoms with Crippen LogP contribution in [0.4, 0.5) is 0 Å². The summed E-state index contributed by atoms with van der Waals surface area (Å²) in [7, 11) is 0. The molecule has 0 heterocycles. The zero-order valence-electron chi connectivity index (χ0n) is 5.89. The average molecular weight is 128 g/mol. The highest BCUT2D eigenvalue weighted by Gasteiger charge is 2.00. The molecule has 0 fully saturated rings. The predicted molar refractivity (Wildman–Crippen MR) is 36.0 cm³/mol. The highest BCUT2D eigenvalue weighted by molar-refractivity contribution is 5.66. The number of carbonyl (C=O) groups excluding carboxylic acids is 1. The Balaban J connectivity index is 3.37. The molecular formula is C7H12O2. The van der Waals surface area contributed by atoms with Gasteiger partial charge in [-0.3, -0.25) is 4.79 Å². The van der Waals surface area contributed by atoms with E-state index >= 15 is 0 Å². The second-order valence-corrected chi connectivity index (χ2v) is 1.94. The summed E-state index contributed by atoms with van der Waals surface area (Å²) in [4.78, 5) is 10.3. The number of carbonyl (C=O) groups is 1. The lowest BCUT2D eigenvalue weighted by Gasteiger charge is -2.07. The fraction of sp³-hybridized carbons (Fsp3) is 0.571. The Labute approximate surface area is 55.5 Å². The van der Waals surface area contributed by atoms with E-state index in [1.54, 1.807) is 6.08 Å². The Bertz CT molecular complexity index is 107. The first-order chi connectivity index (χ1) is 4.16. The van der Waals surface area contributed by atoms with E-state index in [0.29, 0.717) is 0 Å². The van der Waals surface area contributed by atoms with E-state index in [1.165, 1.54) is 6.92 Å². The van der Waals surface area contributed by atoms with E-state index in [4.69, 9.17) is 4.74 Å². The van der Waals surface area contributed by atoms with Crippen LogP contribution in [0.25, 0.3) is 0 Å². The highest BCUT2D eigenvalue weighted by Crippen LogP contribution is 1.96. The van der Waals surface area contributed by atoms with Gasteiger partial charge in [-0.2, -0.15) is 0 Å². The Morgan fingerprint density at radius 3 is 2.78 bits per heavy atom. The smallest absolute Gasteiger partial charge is 0.302 e. The lowest BCUT2D eigenvalue weighted by atomic mass is 10.3. The molecule has 0 N–H and O–H groups in total. The molecule has 0 aliphatic carbocycles. The van der Waals surface area contributed by atoms with Gasteiger partial charge in [0.25, 0.3) is 0 Å². The van der Waals surface area contributed by atoms with Gasteiger partial charge >= 0.3 is 5.97 Å². The fourth-order valence-corrected chi connectivity index (χ4v) is 0.566. The maximum atomic E-state index is 10.3.